The van der Waals surface area contributed by atoms with E-state index in [0.29, 0.717) is 18.3 Å². The largest absolute Gasteiger partial charge is 0.481 e. The van der Waals surface area contributed by atoms with E-state index in [1.54, 1.807) is 6.92 Å². The van der Waals surface area contributed by atoms with Crippen LogP contribution < -0.4 is 0 Å². The molecule has 1 aliphatic heterocycles. The van der Waals surface area contributed by atoms with Crippen LogP contribution in [-0.2, 0) is 33.3 Å². The van der Waals surface area contributed by atoms with Crippen molar-refractivity contribution in [3.8, 4) is 0 Å². The number of aliphatic hydroxyl groups excluding tert-OH is 1. The topological polar surface area (TPSA) is 129 Å². The van der Waals surface area contributed by atoms with Gasteiger partial charge in [0.2, 0.25) is 0 Å². The Bertz CT molecular complexity index is 1390. The van der Waals surface area contributed by atoms with Crippen molar-refractivity contribution in [3.63, 3.8) is 0 Å². The summed E-state index contributed by atoms with van der Waals surface area (Å²) in [4.78, 5) is 37.2. The van der Waals surface area contributed by atoms with E-state index in [0.717, 1.165) is 57.8 Å². The van der Waals surface area contributed by atoms with Crippen molar-refractivity contribution in [1.29, 1.82) is 0 Å². The molecule has 6 aliphatic rings. The molecule has 1 saturated heterocycles. The number of aliphatic hydroxyl groups is 1. The van der Waals surface area contributed by atoms with Crippen molar-refractivity contribution < 1.29 is 43.5 Å². The molecule has 9 heteroatoms. The van der Waals surface area contributed by atoms with Crippen LogP contribution in [0, 0.1) is 50.2 Å². The van der Waals surface area contributed by atoms with Crippen molar-refractivity contribution in [2.24, 2.45) is 50.2 Å². The Kier molecular flexibility index (Phi) is 9.05. The van der Waals surface area contributed by atoms with Gasteiger partial charge in [-0.2, -0.15) is 0 Å². The summed E-state index contributed by atoms with van der Waals surface area (Å²) in [5.74, 6) is -0.779. The zero-order chi connectivity index (χ0) is 36.1. The fourth-order valence-corrected chi connectivity index (χ4v) is 13.0. The smallest absolute Gasteiger partial charge is 0.310 e. The molecule has 0 aromatic carbocycles. The number of rotatable bonds is 5. The van der Waals surface area contributed by atoms with E-state index in [1.807, 2.05) is 0 Å². The maximum Gasteiger partial charge on any atom is 0.310 e. The highest BCUT2D eigenvalue weighted by molar-refractivity contribution is 5.76. The van der Waals surface area contributed by atoms with Gasteiger partial charge in [0.15, 0.2) is 18.5 Å². The highest BCUT2D eigenvalue weighted by atomic mass is 16.7. The normalized spacial score (nSPS) is 48.4. The van der Waals surface area contributed by atoms with Crippen LogP contribution in [0.4, 0.5) is 0 Å². The number of carboxylic acids is 1. The van der Waals surface area contributed by atoms with Crippen LogP contribution in [0.15, 0.2) is 11.6 Å². The average molecular weight is 687 g/mol. The van der Waals surface area contributed by atoms with Gasteiger partial charge in [-0.1, -0.05) is 60.1 Å². The first kappa shape index (κ1) is 36.8. The number of carboxylic acid groups (broad SMARTS) is 1. The molecule has 0 unspecified atom stereocenters. The Morgan fingerprint density at radius 1 is 0.796 bits per heavy atom. The third kappa shape index (κ3) is 5.62. The Labute approximate surface area is 293 Å². The number of carbonyl (C=O) groups excluding carboxylic acids is 2. The van der Waals surface area contributed by atoms with Gasteiger partial charge in [-0.3, -0.25) is 14.4 Å². The highest BCUT2D eigenvalue weighted by Crippen LogP contribution is 2.75. The number of esters is 2. The number of hydrogen-bond acceptors (Lipinski definition) is 8. The fourth-order valence-electron chi connectivity index (χ4n) is 13.0. The Morgan fingerprint density at radius 2 is 1.39 bits per heavy atom. The van der Waals surface area contributed by atoms with E-state index in [1.165, 1.54) is 19.4 Å². The van der Waals surface area contributed by atoms with Crippen LogP contribution in [0.5, 0.6) is 0 Å². The van der Waals surface area contributed by atoms with E-state index < -0.39 is 54.0 Å². The van der Waals surface area contributed by atoms with Crippen LogP contribution in [0.3, 0.4) is 0 Å². The molecule has 5 fully saturated rings. The number of carbonyl (C=O) groups is 3. The summed E-state index contributed by atoms with van der Waals surface area (Å²) < 4.78 is 24.0. The lowest BCUT2D eigenvalue weighted by atomic mass is 9.34. The lowest BCUT2D eigenvalue weighted by Crippen LogP contribution is -2.65. The van der Waals surface area contributed by atoms with Crippen LogP contribution in [0.2, 0.25) is 0 Å². The van der Waals surface area contributed by atoms with Crippen molar-refractivity contribution in [1.82, 2.24) is 0 Å². The van der Waals surface area contributed by atoms with Gasteiger partial charge in [0.1, 0.15) is 6.10 Å². The highest BCUT2D eigenvalue weighted by Gasteiger charge is 2.69. The first-order valence-electron chi connectivity index (χ1n) is 18.9. The molecule has 0 amide bonds. The predicted molar refractivity (Wildman–Crippen MR) is 183 cm³/mol. The molecule has 0 radical (unpaired) electrons. The second kappa shape index (κ2) is 12.0. The van der Waals surface area contributed by atoms with Gasteiger partial charge in [-0.15, -0.1) is 0 Å². The second-order valence-corrected chi connectivity index (χ2v) is 19.1. The minimum Gasteiger partial charge on any atom is -0.481 e. The van der Waals surface area contributed by atoms with Crippen LogP contribution >= 0.6 is 0 Å². The molecule has 9 nitrogen and oxygen atoms in total. The maximum atomic E-state index is 13.0. The molecule has 1 heterocycles. The Balaban J connectivity index is 1.28. The molecule has 276 valence electrons. The number of aliphatic carboxylic acids is 1. The number of ether oxygens (including phenoxy) is 4. The molecule has 0 bridgehead atoms. The van der Waals surface area contributed by atoms with Crippen molar-refractivity contribution >= 4 is 17.9 Å². The fraction of sp³-hybridized carbons (Fsp3) is 0.875. The molecule has 0 aromatic heterocycles. The lowest BCUT2D eigenvalue weighted by molar-refractivity contribution is -0.326. The van der Waals surface area contributed by atoms with E-state index in [2.05, 4.69) is 54.5 Å². The summed E-state index contributed by atoms with van der Waals surface area (Å²) in [6, 6.07) is 0. The number of allylic oxidation sites excluding steroid dienone is 2. The Morgan fingerprint density at radius 3 is 2.00 bits per heavy atom. The summed E-state index contributed by atoms with van der Waals surface area (Å²) in [6.07, 6.45) is 6.45. The summed E-state index contributed by atoms with van der Waals surface area (Å²) in [6.45, 7) is 20.9. The lowest BCUT2D eigenvalue weighted by Gasteiger charge is -2.70. The molecule has 0 aromatic rings. The minimum atomic E-state index is -1.17. The molecule has 4 saturated carbocycles. The minimum absolute atomic E-state index is 0.00397. The predicted octanol–water partition coefficient (Wildman–Crippen LogP) is 7.23. The first-order valence-corrected chi connectivity index (χ1v) is 18.9. The van der Waals surface area contributed by atoms with Crippen molar-refractivity contribution in [3.05, 3.63) is 11.6 Å². The van der Waals surface area contributed by atoms with E-state index in [4.69, 9.17) is 18.9 Å². The second-order valence-electron chi connectivity index (χ2n) is 19.1. The zero-order valence-electron chi connectivity index (χ0n) is 31.6. The van der Waals surface area contributed by atoms with Crippen LogP contribution in [-0.4, -0.2) is 64.9 Å². The summed E-state index contributed by atoms with van der Waals surface area (Å²) in [7, 11) is 0. The molecule has 5 aliphatic carbocycles. The van der Waals surface area contributed by atoms with Gasteiger partial charge in [0.25, 0.3) is 0 Å². The van der Waals surface area contributed by atoms with Gasteiger partial charge < -0.3 is 29.2 Å². The van der Waals surface area contributed by atoms with E-state index in [9.17, 15) is 24.6 Å². The summed E-state index contributed by atoms with van der Waals surface area (Å²) in [5, 5.41) is 21.6. The molecule has 2 N–H and O–H groups in total. The molecule has 0 spiro atoms. The first-order chi connectivity index (χ1) is 22.6. The van der Waals surface area contributed by atoms with Gasteiger partial charge in [-0.25, -0.2) is 0 Å². The van der Waals surface area contributed by atoms with Gasteiger partial charge in [0, 0.05) is 13.8 Å². The van der Waals surface area contributed by atoms with Crippen molar-refractivity contribution in [2.75, 3.05) is 0 Å². The van der Waals surface area contributed by atoms with E-state index in [-0.39, 0.29) is 39.1 Å². The van der Waals surface area contributed by atoms with Crippen LogP contribution in [0.1, 0.15) is 133 Å². The van der Waals surface area contributed by atoms with Gasteiger partial charge >= 0.3 is 17.9 Å². The molecular weight excluding hydrogens is 624 g/mol. The molecule has 13 atom stereocenters. The average Bonchev–Trinajstić information content (AvgIpc) is 2.98. The SMILES string of the molecule is CC(=O)O[C@@H]1[C@@H](O)[C@H](C)O[C@@H](O[C@H]2CC[C@]3(C)[C@H]4CC[C@]5(C)C(=CC[C@@]6(C(=O)O)CCC(C)(C)C[C@H]65)[C@]4(C)CC[C@H]3C2(C)C)[C@@H]1OC(C)=O. The third-order valence-corrected chi connectivity index (χ3v) is 15.4. The maximum absolute atomic E-state index is 13.0. The Hall–Kier alpha value is -1.97. The zero-order valence-corrected chi connectivity index (χ0v) is 31.6. The van der Waals surface area contributed by atoms with Gasteiger partial charge in [0.05, 0.1) is 17.6 Å². The van der Waals surface area contributed by atoms with Crippen molar-refractivity contribution in [2.45, 2.75) is 170 Å². The van der Waals surface area contributed by atoms with Gasteiger partial charge in [-0.05, 0) is 116 Å². The van der Waals surface area contributed by atoms with E-state index >= 15 is 0 Å². The standard InChI is InChI=1S/C40H62O9/c1-22-30(43)31(47-23(2)41)32(48-24(3)42)33(46-22)49-29-14-17-37(8)25(36(29,6)7)11-15-38(9)26(37)12-16-39(10)27(38)13-18-40(34(44)45)20-19-35(4,5)21-28(39)40/h13,22,25-26,28-33,43H,11-12,14-21H2,1-10H3,(H,44,45)/t22-,25-,26+,28-,29-,30-,31+,32+,33-,37-,38+,39+,40+/m0/s1. The molecule has 6 rings (SSSR count). The van der Waals surface area contributed by atoms with Crippen LogP contribution in [0.25, 0.3) is 0 Å². The molecular formula is C40H62O9. The monoisotopic (exact) mass is 686 g/mol. The number of hydrogen-bond donors (Lipinski definition) is 2. The number of fused-ring (bicyclic) bond motifs is 7. The summed E-state index contributed by atoms with van der Waals surface area (Å²) >= 11 is 0. The summed E-state index contributed by atoms with van der Waals surface area (Å²) in [5.41, 5.74) is 0.703. The quantitative estimate of drug-likeness (QED) is 0.175. The molecule has 49 heavy (non-hydrogen) atoms. The third-order valence-electron chi connectivity index (χ3n) is 15.4.